The third-order valence-corrected chi connectivity index (χ3v) is 2.62. The van der Waals surface area contributed by atoms with E-state index < -0.39 is 0 Å². The summed E-state index contributed by atoms with van der Waals surface area (Å²) in [6.45, 7) is 5.48. The molecule has 0 spiro atoms. The fourth-order valence-electron chi connectivity index (χ4n) is 1.47. The second kappa shape index (κ2) is 6.27. The van der Waals surface area contributed by atoms with Crippen molar-refractivity contribution >= 4 is 0 Å². The van der Waals surface area contributed by atoms with E-state index in [2.05, 4.69) is 23.5 Å². The number of ether oxygens (including phenoxy) is 1. The van der Waals surface area contributed by atoms with E-state index in [9.17, 15) is 0 Å². The predicted molar refractivity (Wildman–Crippen MR) is 69.0 cm³/mol. The summed E-state index contributed by atoms with van der Waals surface area (Å²) in [5.74, 6) is 0.882. The van der Waals surface area contributed by atoms with E-state index in [1.807, 2.05) is 26.0 Å². The van der Waals surface area contributed by atoms with Gasteiger partial charge in [-0.2, -0.15) is 5.26 Å². The van der Waals surface area contributed by atoms with Crippen molar-refractivity contribution < 1.29 is 4.74 Å². The molecule has 1 aromatic rings. The molecule has 92 valence electrons. The molecule has 3 heteroatoms. The van der Waals surface area contributed by atoms with Gasteiger partial charge >= 0.3 is 0 Å². The van der Waals surface area contributed by atoms with Crippen LogP contribution in [0.15, 0.2) is 24.3 Å². The Bertz CT molecular complexity index is 376. The molecule has 0 unspecified atom stereocenters. The van der Waals surface area contributed by atoms with Crippen molar-refractivity contribution in [2.24, 2.45) is 5.41 Å². The number of hydrogen-bond acceptors (Lipinski definition) is 3. The Morgan fingerprint density at radius 3 is 2.47 bits per heavy atom. The Morgan fingerprint density at radius 1 is 1.29 bits per heavy atom. The van der Waals surface area contributed by atoms with Gasteiger partial charge in [0.15, 0.2) is 0 Å². The number of methoxy groups -OCH3 is 1. The van der Waals surface area contributed by atoms with Crippen LogP contribution in [0.1, 0.15) is 19.4 Å². The van der Waals surface area contributed by atoms with Gasteiger partial charge in [0.25, 0.3) is 0 Å². The zero-order valence-electron chi connectivity index (χ0n) is 10.8. The predicted octanol–water partition coefficient (Wildman–Crippen LogP) is 2.38. The molecule has 0 fully saturated rings. The first kappa shape index (κ1) is 13.5. The molecule has 0 aliphatic heterocycles. The minimum absolute atomic E-state index is 0.292. The summed E-state index contributed by atoms with van der Waals surface area (Å²) in [5, 5.41) is 12.2. The minimum Gasteiger partial charge on any atom is -0.497 e. The van der Waals surface area contributed by atoms with Gasteiger partial charge in [0.2, 0.25) is 0 Å². The summed E-state index contributed by atoms with van der Waals surface area (Å²) in [6.07, 6.45) is 0.964. The lowest BCUT2D eigenvalue weighted by atomic mass is 9.96. The molecule has 1 aromatic carbocycles. The van der Waals surface area contributed by atoms with E-state index in [0.29, 0.717) is 0 Å². The van der Waals surface area contributed by atoms with Crippen LogP contribution in [-0.4, -0.2) is 20.2 Å². The van der Waals surface area contributed by atoms with Crippen LogP contribution >= 0.6 is 0 Å². The molecular formula is C14H20N2O. The van der Waals surface area contributed by atoms with Crippen molar-refractivity contribution in [3.8, 4) is 11.8 Å². The van der Waals surface area contributed by atoms with Crippen LogP contribution in [0.3, 0.4) is 0 Å². The lowest BCUT2D eigenvalue weighted by Crippen LogP contribution is -2.29. The van der Waals surface area contributed by atoms with Crippen LogP contribution in [0, 0.1) is 16.7 Å². The van der Waals surface area contributed by atoms with Gasteiger partial charge in [0.1, 0.15) is 5.75 Å². The van der Waals surface area contributed by atoms with E-state index in [1.54, 1.807) is 7.11 Å². The number of nitriles is 1. The Balaban J connectivity index is 2.29. The van der Waals surface area contributed by atoms with Gasteiger partial charge in [-0.15, -0.1) is 0 Å². The largest absolute Gasteiger partial charge is 0.497 e. The molecule has 0 radical (unpaired) electrons. The first-order chi connectivity index (χ1) is 8.07. The molecule has 1 rings (SSSR count). The molecule has 0 aliphatic rings. The second-order valence-electron chi connectivity index (χ2n) is 4.77. The van der Waals surface area contributed by atoms with E-state index in [1.165, 1.54) is 5.56 Å². The molecule has 0 amide bonds. The summed E-state index contributed by atoms with van der Waals surface area (Å²) < 4.78 is 5.10. The molecule has 1 N–H and O–H groups in total. The fourth-order valence-corrected chi connectivity index (χ4v) is 1.47. The number of nitrogens with one attached hydrogen (secondary N) is 1. The topological polar surface area (TPSA) is 45.0 Å². The van der Waals surface area contributed by atoms with Crippen molar-refractivity contribution in [3.05, 3.63) is 29.8 Å². The Morgan fingerprint density at radius 2 is 1.94 bits per heavy atom. The third kappa shape index (κ3) is 4.88. The number of hydrogen-bond donors (Lipinski definition) is 1. The average molecular weight is 232 g/mol. The Labute approximate surface area is 103 Å². The molecule has 0 saturated carbocycles. The average Bonchev–Trinajstić information content (AvgIpc) is 2.35. The molecule has 0 atom stereocenters. The molecule has 0 aromatic heterocycles. The molecule has 0 aliphatic carbocycles. The lowest BCUT2D eigenvalue weighted by molar-refractivity contribution is 0.414. The van der Waals surface area contributed by atoms with Gasteiger partial charge in [-0.05, 0) is 44.5 Å². The maximum Gasteiger partial charge on any atom is 0.118 e. The third-order valence-electron chi connectivity index (χ3n) is 2.62. The Hall–Kier alpha value is -1.53. The summed E-state index contributed by atoms with van der Waals surface area (Å²) in [4.78, 5) is 0. The van der Waals surface area contributed by atoms with Crippen LogP contribution in [0.25, 0.3) is 0 Å². The van der Waals surface area contributed by atoms with Crippen LogP contribution in [0.5, 0.6) is 5.75 Å². The summed E-state index contributed by atoms with van der Waals surface area (Å²) >= 11 is 0. The van der Waals surface area contributed by atoms with Gasteiger partial charge in [-0.1, -0.05) is 12.1 Å². The first-order valence-corrected chi connectivity index (χ1v) is 5.82. The summed E-state index contributed by atoms with van der Waals surface area (Å²) in [7, 11) is 1.67. The van der Waals surface area contributed by atoms with Gasteiger partial charge in [-0.25, -0.2) is 0 Å². The molecule has 17 heavy (non-hydrogen) atoms. The van der Waals surface area contributed by atoms with E-state index >= 15 is 0 Å². The van der Waals surface area contributed by atoms with Gasteiger partial charge in [0, 0.05) is 6.54 Å². The number of benzene rings is 1. The standard InChI is InChI=1S/C14H20N2O/c1-14(2,10-15)11-16-9-8-12-4-6-13(17-3)7-5-12/h4-7,16H,8-9,11H2,1-3H3. The highest BCUT2D eigenvalue weighted by Crippen LogP contribution is 2.12. The molecule has 0 bridgehead atoms. The zero-order chi connectivity index (χ0) is 12.7. The number of rotatable bonds is 6. The molecule has 3 nitrogen and oxygen atoms in total. The summed E-state index contributed by atoms with van der Waals surface area (Å²) in [5.41, 5.74) is 0.980. The van der Waals surface area contributed by atoms with Crippen molar-refractivity contribution in [2.75, 3.05) is 20.2 Å². The second-order valence-corrected chi connectivity index (χ2v) is 4.77. The van der Waals surface area contributed by atoms with Crippen molar-refractivity contribution in [1.82, 2.24) is 5.32 Å². The maximum atomic E-state index is 8.86. The van der Waals surface area contributed by atoms with Crippen LogP contribution in [0.4, 0.5) is 0 Å². The smallest absolute Gasteiger partial charge is 0.118 e. The van der Waals surface area contributed by atoms with Gasteiger partial charge < -0.3 is 10.1 Å². The van der Waals surface area contributed by atoms with Crippen LogP contribution < -0.4 is 10.1 Å². The van der Waals surface area contributed by atoms with Crippen molar-refractivity contribution in [2.45, 2.75) is 20.3 Å². The monoisotopic (exact) mass is 232 g/mol. The Kier molecular flexibility index (Phi) is 4.99. The van der Waals surface area contributed by atoms with Gasteiger partial charge in [0.05, 0.1) is 18.6 Å². The quantitative estimate of drug-likeness (QED) is 0.766. The molecule has 0 heterocycles. The summed E-state index contributed by atoms with van der Waals surface area (Å²) in [6, 6.07) is 10.3. The highest BCUT2D eigenvalue weighted by Gasteiger charge is 2.14. The first-order valence-electron chi connectivity index (χ1n) is 5.82. The highest BCUT2D eigenvalue weighted by molar-refractivity contribution is 5.27. The van der Waals surface area contributed by atoms with Crippen LogP contribution in [-0.2, 0) is 6.42 Å². The maximum absolute atomic E-state index is 8.86. The van der Waals surface area contributed by atoms with Gasteiger partial charge in [-0.3, -0.25) is 0 Å². The lowest BCUT2D eigenvalue weighted by Gasteiger charge is -2.15. The van der Waals surface area contributed by atoms with E-state index in [-0.39, 0.29) is 5.41 Å². The van der Waals surface area contributed by atoms with Crippen molar-refractivity contribution in [1.29, 1.82) is 5.26 Å². The normalized spacial score (nSPS) is 10.9. The zero-order valence-corrected chi connectivity index (χ0v) is 10.8. The van der Waals surface area contributed by atoms with Crippen molar-refractivity contribution in [3.63, 3.8) is 0 Å². The highest BCUT2D eigenvalue weighted by atomic mass is 16.5. The molecule has 0 saturated heterocycles. The van der Waals surface area contributed by atoms with E-state index in [0.717, 1.165) is 25.3 Å². The minimum atomic E-state index is -0.292. The number of nitrogens with zero attached hydrogens (tertiary/aromatic N) is 1. The SMILES string of the molecule is COc1ccc(CCNCC(C)(C)C#N)cc1. The van der Waals surface area contributed by atoms with E-state index in [4.69, 9.17) is 10.00 Å². The fraction of sp³-hybridized carbons (Fsp3) is 0.500. The van der Waals surface area contributed by atoms with Crippen LogP contribution in [0.2, 0.25) is 0 Å². The molecular weight excluding hydrogens is 212 g/mol.